The summed E-state index contributed by atoms with van der Waals surface area (Å²) in [6, 6.07) is 12.3. The van der Waals surface area contributed by atoms with Crippen molar-refractivity contribution < 1.29 is 4.79 Å². The van der Waals surface area contributed by atoms with E-state index < -0.39 is 0 Å². The number of rotatable bonds is 3. The highest BCUT2D eigenvalue weighted by molar-refractivity contribution is 7.99. The van der Waals surface area contributed by atoms with Gasteiger partial charge in [-0.1, -0.05) is 30.3 Å². The van der Waals surface area contributed by atoms with Crippen LogP contribution in [0.5, 0.6) is 0 Å². The highest BCUT2D eigenvalue weighted by atomic mass is 32.2. The maximum atomic E-state index is 12.2. The van der Waals surface area contributed by atoms with Crippen LogP contribution in [-0.2, 0) is 11.3 Å². The molecule has 2 aromatic rings. The third-order valence-corrected chi connectivity index (χ3v) is 5.20. The predicted molar refractivity (Wildman–Crippen MR) is 81.1 cm³/mol. The maximum absolute atomic E-state index is 12.2. The lowest BCUT2D eigenvalue weighted by Gasteiger charge is -2.35. The van der Waals surface area contributed by atoms with Gasteiger partial charge in [-0.3, -0.25) is 4.79 Å². The molecule has 1 aliphatic rings. The van der Waals surface area contributed by atoms with Crippen molar-refractivity contribution >= 4 is 29.0 Å². The average molecular weight is 289 g/mol. The van der Waals surface area contributed by atoms with Gasteiger partial charge in [0.15, 0.2) is 0 Å². The van der Waals surface area contributed by atoms with Crippen molar-refractivity contribution in [2.24, 2.45) is 0 Å². The number of thiophene rings is 1. The van der Waals surface area contributed by atoms with E-state index >= 15 is 0 Å². The third kappa shape index (κ3) is 2.85. The Morgan fingerprint density at radius 2 is 2.05 bits per heavy atom. The van der Waals surface area contributed by atoms with E-state index in [9.17, 15) is 4.79 Å². The van der Waals surface area contributed by atoms with E-state index in [1.165, 1.54) is 11.1 Å². The molecule has 0 saturated carbocycles. The topological polar surface area (TPSA) is 20.3 Å². The van der Waals surface area contributed by atoms with Crippen molar-refractivity contribution in [2.75, 3.05) is 5.75 Å². The van der Waals surface area contributed by atoms with Crippen molar-refractivity contribution in [3.8, 4) is 0 Å². The Balaban J connectivity index is 1.84. The minimum absolute atomic E-state index is 0.174. The summed E-state index contributed by atoms with van der Waals surface area (Å²) in [7, 11) is 0. The van der Waals surface area contributed by atoms with Crippen LogP contribution >= 0.6 is 23.1 Å². The van der Waals surface area contributed by atoms with E-state index in [0.29, 0.717) is 13.0 Å². The van der Waals surface area contributed by atoms with E-state index in [-0.39, 0.29) is 11.3 Å². The fourth-order valence-corrected chi connectivity index (χ4v) is 4.26. The number of carbonyl (C=O) groups excluding carboxylic acids is 1. The average Bonchev–Trinajstić information content (AvgIpc) is 2.96. The van der Waals surface area contributed by atoms with Gasteiger partial charge in [0, 0.05) is 18.7 Å². The van der Waals surface area contributed by atoms with E-state index in [1.807, 2.05) is 34.9 Å². The van der Waals surface area contributed by atoms with Gasteiger partial charge in [0.1, 0.15) is 5.37 Å². The number of thioether (sulfide) groups is 1. The zero-order valence-electron chi connectivity index (χ0n) is 10.5. The van der Waals surface area contributed by atoms with Crippen LogP contribution in [0.15, 0.2) is 47.2 Å². The molecule has 1 fully saturated rings. The molecule has 19 heavy (non-hydrogen) atoms. The number of nitrogens with zero attached hydrogens (tertiary/aromatic N) is 1. The maximum Gasteiger partial charge on any atom is 0.224 e. The minimum atomic E-state index is 0.174. The van der Waals surface area contributed by atoms with Crippen LogP contribution in [0.2, 0.25) is 0 Å². The third-order valence-electron chi connectivity index (χ3n) is 3.22. The van der Waals surface area contributed by atoms with Crippen LogP contribution in [0.3, 0.4) is 0 Å². The zero-order chi connectivity index (χ0) is 13.1. The van der Waals surface area contributed by atoms with Crippen LogP contribution in [0.25, 0.3) is 0 Å². The Kier molecular flexibility index (Phi) is 3.89. The summed E-state index contributed by atoms with van der Waals surface area (Å²) in [5, 5.41) is 4.40. The summed E-state index contributed by atoms with van der Waals surface area (Å²) < 4.78 is 0. The summed E-state index contributed by atoms with van der Waals surface area (Å²) in [6.45, 7) is 0.702. The van der Waals surface area contributed by atoms with Crippen LogP contribution in [0.1, 0.15) is 22.9 Å². The molecular formula is C15H15NOS2. The Morgan fingerprint density at radius 1 is 1.21 bits per heavy atom. The summed E-state index contributed by atoms with van der Waals surface area (Å²) in [5.41, 5.74) is 2.44. The van der Waals surface area contributed by atoms with Gasteiger partial charge in [0.25, 0.3) is 0 Å². The highest BCUT2D eigenvalue weighted by Gasteiger charge is 2.29. The molecule has 0 radical (unpaired) electrons. The normalized spacial score (nSPS) is 19.7. The van der Waals surface area contributed by atoms with Crippen LogP contribution < -0.4 is 0 Å². The lowest BCUT2D eigenvalue weighted by atomic mass is 10.2. The first kappa shape index (κ1) is 12.8. The van der Waals surface area contributed by atoms with Crippen molar-refractivity contribution in [3.05, 3.63) is 58.3 Å². The van der Waals surface area contributed by atoms with Gasteiger partial charge < -0.3 is 4.90 Å². The SMILES string of the molecule is O=C1CCSC(c2ccsc2)N1Cc1ccccc1. The van der Waals surface area contributed by atoms with E-state index in [4.69, 9.17) is 0 Å². The number of hydrogen-bond donors (Lipinski definition) is 0. The van der Waals surface area contributed by atoms with Crippen molar-refractivity contribution in [2.45, 2.75) is 18.3 Å². The molecule has 1 aromatic carbocycles. The van der Waals surface area contributed by atoms with E-state index in [2.05, 4.69) is 29.0 Å². The molecule has 98 valence electrons. The second-order valence-electron chi connectivity index (χ2n) is 4.54. The Labute approximate surface area is 121 Å². The largest absolute Gasteiger partial charge is 0.322 e. The fraction of sp³-hybridized carbons (Fsp3) is 0.267. The predicted octanol–water partition coefficient (Wildman–Crippen LogP) is 3.91. The minimum Gasteiger partial charge on any atom is -0.322 e. The highest BCUT2D eigenvalue weighted by Crippen LogP contribution is 2.38. The quantitative estimate of drug-likeness (QED) is 0.854. The summed E-state index contributed by atoms with van der Waals surface area (Å²) in [4.78, 5) is 14.2. The number of carbonyl (C=O) groups is 1. The van der Waals surface area contributed by atoms with Crippen LogP contribution in [-0.4, -0.2) is 16.6 Å². The van der Waals surface area contributed by atoms with Gasteiger partial charge in [-0.15, -0.1) is 11.8 Å². The summed E-state index contributed by atoms with van der Waals surface area (Å²) in [5.74, 6) is 1.18. The molecule has 1 amide bonds. The molecule has 3 rings (SSSR count). The first-order valence-corrected chi connectivity index (χ1v) is 8.31. The molecule has 0 spiro atoms. The molecule has 2 heterocycles. The first-order valence-electron chi connectivity index (χ1n) is 6.32. The molecule has 0 aliphatic carbocycles. The van der Waals surface area contributed by atoms with Crippen LogP contribution in [0.4, 0.5) is 0 Å². The standard InChI is InChI=1S/C15H15NOS2/c17-14-7-9-19-15(13-6-8-18-11-13)16(14)10-12-4-2-1-3-5-12/h1-6,8,11,15H,7,9-10H2. The van der Waals surface area contributed by atoms with Gasteiger partial charge in [-0.2, -0.15) is 11.3 Å². The van der Waals surface area contributed by atoms with Gasteiger partial charge in [0.2, 0.25) is 5.91 Å². The summed E-state index contributed by atoms with van der Waals surface area (Å²) in [6.07, 6.45) is 0.651. The fourth-order valence-electron chi connectivity index (χ4n) is 2.27. The summed E-state index contributed by atoms with van der Waals surface area (Å²) >= 11 is 3.56. The lowest BCUT2D eigenvalue weighted by Crippen LogP contribution is -2.36. The van der Waals surface area contributed by atoms with Crippen molar-refractivity contribution in [1.82, 2.24) is 4.90 Å². The van der Waals surface area contributed by atoms with Crippen molar-refractivity contribution in [3.63, 3.8) is 0 Å². The molecule has 1 unspecified atom stereocenters. The Hall–Kier alpha value is -1.26. The molecule has 1 saturated heterocycles. The van der Waals surface area contributed by atoms with Gasteiger partial charge in [-0.25, -0.2) is 0 Å². The molecule has 1 atom stereocenters. The monoisotopic (exact) mass is 289 g/mol. The second-order valence-corrected chi connectivity index (χ2v) is 6.51. The zero-order valence-corrected chi connectivity index (χ0v) is 12.1. The molecule has 1 aromatic heterocycles. The van der Waals surface area contributed by atoms with Crippen molar-refractivity contribution in [1.29, 1.82) is 0 Å². The smallest absolute Gasteiger partial charge is 0.224 e. The number of amides is 1. The lowest BCUT2D eigenvalue weighted by molar-refractivity contribution is -0.132. The molecule has 2 nitrogen and oxygen atoms in total. The molecule has 4 heteroatoms. The molecular weight excluding hydrogens is 274 g/mol. The Bertz CT molecular complexity index is 539. The first-order chi connectivity index (χ1) is 9.34. The number of hydrogen-bond acceptors (Lipinski definition) is 3. The van der Waals surface area contributed by atoms with Crippen LogP contribution in [0, 0.1) is 0 Å². The van der Waals surface area contributed by atoms with Gasteiger partial charge >= 0.3 is 0 Å². The van der Waals surface area contributed by atoms with Gasteiger partial charge in [-0.05, 0) is 28.0 Å². The Morgan fingerprint density at radius 3 is 2.79 bits per heavy atom. The van der Waals surface area contributed by atoms with Gasteiger partial charge in [0.05, 0.1) is 0 Å². The number of benzene rings is 1. The van der Waals surface area contributed by atoms with E-state index in [1.54, 1.807) is 11.3 Å². The molecule has 1 aliphatic heterocycles. The molecule has 0 N–H and O–H groups in total. The van der Waals surface area contributed by atoms with E-state index in [0.717, 1.165) is 5.75 Å². The molecule has 0 bridgehead atoms. The second kappa shape index (κ2) is 5.80.